The lowest BCUT2D eigenvalue weighted by molar-refractivity contribution is 0.356. The lowest BCUT2D eigenvalue weighted by atomic mass is 9.82. The molecule has 0 spiro atoms. The number of hydrogen-bond acceptors (Lipinski definition) is 0. The van der Waals surface area contributed by atoms with Gasteiger partial charge < -0.3 is 0 Å². The standard InChI is InChI=1S/C27H34/c1-19-26-17-21(16-20-8-4-2-5-9-20)12-14-24(26)25-15-13-23(18-27(19)25)22-10-6-3-7-11-22/h12-15,17-20,22H,2-11,16H2,1H3. The van der Waals surface area contributed by atoms with Crippen LogP contribution < -0.4 is 0 Å². The van der Waals surface area contributed by atoms with Crippen LogP contribution in [0.5, 0.6) is 0 Å². The molecule has 0 nitrogen and oxygen atoms in total. The third-order valence-corrected chi connectivity index (χ3v) is 7.74. The van der Waals surface area contributed by atoms with Gasteiger partial charge >= 0.3 is 0 Å². The first-order valence-electron chi connectivity index (χ1n) is 11.6. The van der Waals surface area contributed by atoms with Gasteiger partial charge in [0.1, 0.15) is 0 Å². The third-order valence-electron chi connectivity index (χ3n) is 7.74. The molecular formula is C27H34. The van der Waals surface area contributed by atoms with E-state index in [1.807, 2.05) is 0 Å². The minimum Gasteiger partial charge on any atom is -0.0584 e. The Labute approximate surface area is 165 Å². The van der Waals surface area contributed by atoms with Crippen LogP contribution in [-0.2, 0) is 6.42 Å². The molecule has 3 aliphatic rings. The Bertz CT molecular complexity index is 803. The molecular weight excluding hydrogens is 324 g/mol. The van der Waals surface area contributed by atoms with E-state index in [9.17, 15) is 0 Å². The van der Waals surface area contributed by atoms with Gasteiger partial charge in [0.05, 0.1) is 0 Å². The number of benzene rings is 2. The van der Waals surface area contributed by atoms with Crippen molar-refractivity contribution in [1.82, 2.24) is 0 Å². The maximum Gasteiger partial charge on any atom is 0.00735 e. The summed E-state index contributed by atoms with van der Waals surface area (Å²) in [7, 11) is 0. The second-order valence-corrected chi connectivity index (χ2v) is 9.53. The summed E-state index contributed by atoms with van der Waals surface area (Å²) in [5.74, 6) is 2.29. The van der Waals surface area contributed by atoms with Gasteiger partial charge in [-0.15, -0.1) is 0 Å². The van der Waals surface area contributed by atoms with E-state index in [2.05, 4.69) is 43.3 Å². The largest absolute Gasteiger partial charge is 0.0584 e. The summed E-state index contributed by atoms with van der Waals surface area (Å²) in [5.41, 5.74) is 9.35. The van der Waals surface area contributed by atoms with E-state index in [0.29, 0.717) is 5.92 Å². The Morgan fingerprint density at radius 3 is 2.07 bits per heavy atom. The van der Waals surface area contributed by atoms with Crippen molar-refractivity contribution in [2.45, 2.75) is 89.4 Å². The lowest BCUT2D eigenvalue weighted by Crippen LogP contribution is -2.09. The fourth-order valence-electron chi connectivity index (χ4n) is 6.11. The highest BCUT2D eigenvalue weighted by Gasteiger charge is 2.27. The van der Waals surface area contributed by atoms with Crippen molar-refractivity contribution in [3.63, 3.8) is 0 Å². The van der Waals surface area contributed by atoms with E-state index in [4.69, 9.17) is 0 Å². The molecule has 5 rings (SSSR count). The molecule has 0 heteroatoms. The maximum absolute atomic E-state index is 2.57. The first kappa shape index (κ1) is 17.5. The Kier molecular flexibility index (Phi) is 4.84. The van der Waals surface area contributed by atoms with Crippen molar-refractivity contribution in [2.24, 2.45) is 5.92 Å². The first-order valence-corrected chi connectivity index (χ1v) is 11.6. The molecule has 1 unspecified atom stereocenters. The minimum absolute atomic E-state index is 0.560. The van der Waals surface area contributed by atoms with Crippen LogP contribution in [0.25, 0.3) is 11.1 Å². The van der Waals surface area contributed by atoms with Gasteiger partial charge in [-0.1, -0.05) is 94.7 Å². The van der Waals surface area contributed by atoms with Gasteiger partial charge in [0, 0.05) is 5.92 Å². The number of rotatable bonds is 3. The fourth-order valence-corrected chi connectivity index (χ4v) is 6.11. The van der Waals surface area contributed by atoms with Crippen molar-refractivity contribution < 1.29 is 0 Å². The van der Waals surface area contributed by atoms with Crippen LogP contribution in [0, 0.1) is 5.92 Å². The molecule has 0 saturated heterocycles. The monoisotopic (exact) mass is 358 g/mol. The second-order valence-electron chi connectivity index (χ2n) is 9.53. The predicted molar refractivity (Wildman–Crippen MR) is 116 cm³/mol. The van der Waals surface area contributed by atoms with Crippen LogP contribution in [0.3, 0.4) is 0 Å². The van der Waals surface area contributed by atoms with Crippen molar-refractivity contribution >= 4 is 0 Å². The van der Waals surface area contributed by atoms with Crippen LogP contribution >= 0.6 is 0 Å². The lowest BCUT2D eigenvalue weighted by Gasteiger charge is -2.23. The number of fused-ring (bicyclic) bond motifs is 3. The maximum atomic E-state index is 2.57. The molecule has 2 aromatic rings. The normalized spacial score (nSPS) is 23.2. The highest BCUT2D eigenvalue weighted by atomic mass is 14.3. The van der Waals surface area contributed by atoms with Gasteiger partial charge in [0.25, 0.3) is 0 Å². The Morgan fingerprint density at radius 1 is 0.704 bits per heavy atom. The molecule has 0 heterocycles. The summed E-state index contributed by atoms with van der Waals surface area (Å²) in [6.07, 6.45) is 15.6. The zero-order chi connectivity index (χ0) is 18.2. The average Bonchev–Trinajstić information content (AvgIpc) is 3.01. The Hall–Kier alpha value is -1.56. The first-order chi connectivity index (χ1) is 13.3. The SMILES string of the molecule is CC1c2cc(CC3CCCCC3)ccc2-c2ccc(C3CCCCC3)cc21. The summed E-state index contributed by atoms with van der Waals surface area (Å²) >= 11 is 0. The average molecular weight is 359 g/mol. The van der Waals surface area contributed by atoms with Gasteiger partial charge in [-0.2, -0.15) is 0 Å². The van der Waals surface area contributed by atoms with Gasteiger partial charge in [0.15, 0.2) is 0 Å². The molecule has 0 bridgehead atoms. The Balaban J connectivity index is 1.40. The predicted octanol–water partition coefficient (Wildman–Crippen LogP) is 7.99. The van der Waals surface area contributed by atoms with Crippen molar-refractivity contribution in [3.8, 4) is 11.1 Å². The second kappa shape index (κ2) is 7.46. The van der Waals surface area contributed by atoms with E-state index < -0.39 is 0 Å². The summed E-state index contributed by atoms with van der Waals surface area (Å²) in [5, 5.41) is 0. The summed E-state index contributed by atoms with van der Waals surface area (Å²) < 4.78 is 0. The van der Waals surface area contributed by atoms with Gasteiger partial charge in [-0.3, -0.25) is 0 Å². The molecule has 142 valence electrons. The summed E-state index contributed by atoms with van der Waals surface area (Å²) in [6.45, 7) is 2.43. The van der Waals surface area contributed by atoms with E-state index in [0.717, 1.165) is 11.8 Å². The number of hydrogen-bond donors (Lipinski definition) is 0. The summed E-state index contributed by atoms with van der Waals surface area (Å²) in [4.78, 5) is 0. The molecule has 1 atom stereocenters. The third kappa shape index (κ3) is 3.37. The quantitative estimate of drug-likeness (QED) is 0.521. The zero-order valence-corrected chi connectivity index (χ0v) is 17.0. The van der Waals surface area contributed by atoms with Gasteiger partial charge in [-0.25, -0.2) is 0 Å². The molecule has 0 N–H and O–H groups in total. The molecule has 2 fully saturated rings. The van der Waals surface area contributed by atoms with E-state index in [1.54, 1.807) is 22.3 Å². The molecule has 0 aliphatic heterocycles. The molecule has 0 radical (unpaired) electrons. The van der Waals surface area contributed by atoms with Crippen LogP contribution in [0.15, 0.2) is 36.4 Å². The van der Waals surface area contributed by atoms with Crippen LogP contribution in [0.1, 0.15) is 105 Å². The highest BCUT2D eigenvalue weighted by Crippen LogP contribution is 2.47. The topological polar surface area (TPSA) is 0 Å². The van der Waals surface area contributed by atoms with Crippen molar-refractivity contribution in [2.75, 3.05) is 0 Å². The highest BCUT2D eigenvalue weighted by molar-refractivity contribution is 5.79. The fraction of sp³-hybridized carbons (Fsp3) is 0.556. The van der Waals surface area contributed by atoms with Gasteiger partial charge in [0.2, 0.25) is 0 Å². The minimum atomic E-state index is 0.560. The smallest absolute Gasteiger partial charge is 0.00735 e. The molecule has 0 aromatic heterocycles. The van der Waals surface area contributed by atoms with E-state index in [1.165, 1.54) is 81.8 Å². The summed E-state index contributed by atoms with van der Waals surface area (Å²) in [6, 6.07) is 14.8. The van der Waals surface area contributed by atoms with Crippen molar-refractivity contribution in [1.29, 1.82) is 0 Å². The van der Waals surface area contributed by atoms with E-state index >= 15 is 0 Å². The van der Waals surface area contributed by atoms with Crippen LogP contribution in [-0.4, -0.2) is 0 Å². The molecule has 2 aromatic carbocycles. The molecule has 27 heavy (non-hydrogen) atoms. The van der Waals surface area contributed by atoms with E-state index in [-0.39, 0.29) is 0 Å². The van der Waals surface area contributed by atoms with Crippen LogP contribution in [0.4, 0.5) is 0 Å². The zero-order valence-electron chi connectivity index (χ0n) is 17.0. The molecule has 3 aliphatic carbocycles. The van der Waals surface area contributed by atoms with Crippen LogP contribution in [0.2, 0.25) is 0 Å². The van der Waals surface area contributed by atoms with Gasteiger partial charge in [-0.05, 0) is 64.5 Å². The molecule has 2 saturated carbocycles. The Morgan fingerprint density at radius 2 is 1.33 bits per heavy atom. The van der Waals surface area contributed by atoms with Crippen molar-refractivity contribution in [3.05, 3.63) is 58.7 Å². The molecule has 0 amide bonds.